The lowest BCUT2D eigenvalue weighted by Gasteiger charge is -2.13. The van der Waals surface area contributed by atoms with Crippen molar-refractivity contribution in [3.05, 3.63) is 28.2 Å². The maximum Gasteiger partial charge on any atom is 0.225 e. The van der Waals surface area contributed by atoms with Crippen LogP contribution in [-0.4, -0.2) is 47.2 Å². The Morgan fingerprint density at radius 1 is 1.21 bits per heavy atom. The quantitative estimate of drug-likeness (QED) is 0.580. The molecule has 1 aliphatic carbocycles. The summed E-state index contributed by atoms with van der Waals surface area (Å²) in [5.41, 5.74) is 1.43. The van der Waals surface area contributed by atoms with E-state index in [-0.39, 0.29) is 5.91 Å². The molecule has 4 rings (SSSR count). The van der Waals surface area contributed by atoms with Crippen molar-refractivity contribution in [3.8, 4) is 17.0 Å². The smallest absolute Gasteiger partial charge is 0.225 e. The number of carbonyl (C=O) groups is 1. The Balaban J connectivity index is 1.32. The molecule has 2 aromatic rings. The molecule has 2 N–H and O–H groups in total. The average molecular weight is 437 g/mol. The Kier molecular flexibility index (Phi) is 6.63. The summed E-state index contributed by atoms with van der Waals surface area (Å²) >= 11 is 12.7. The van der Waals surface area contributed by atoms with E-state index >= 15 is 0 Å². The van der Waals surface area contributed by atoms with Gasteiger partial charge in [-0.3, -0.25) is 9.89 Å². The van der Waals surface area contributed by atoms with Crippen LogP contribution in [0.5, 0.6) is 5.75 Å². The van der Waals surface area contributed by atoms with Gasteiger partial charge in [0.25, 0.3) is 0 Å². The Morgan fingerprint density at radius 2 is 1.93 bits per heavy atom. The van der Waals surface area contributed by atoms with Crippen molar-refractivity contribution in [2.45, 2.75) is 38.5 Å². The molecule has 1 aromatic heterocycles. The molecule has 0 radical (unpaired) electrons. The lowest BCUT2D eigenvalue weighted by atomic mass is 10.1. The van der Waals surface area contributed by atoms with E-state index in [2.05, 4.69) is 20.4 Å². The SMILES string of the molecule is O=C(CCCN1CCCC1)Nc1cc(-c2cc(Cl)c(OCC3CC3)c(Cl)c2)n[nH]1. The van der Waals surface area contributed by atoms with Crippen molar-refractivity contribution in [3.63, 3.8) is 0 Å². The molecule has 1 saturated carbocycles. The van der Waals surface area contributed by atoms with Gasteiger partial charge in [-0.05, 0) is 69.8 Å². The van der Waals surface area contributed by atoms with Gasteiger partial charge in [-0.25, -0.2) is 0 Å². The standard InChI is InChI=1S/C21H26Cl2N4O2/c22-16-10-15(11-17(23)21(16)29-13-14-5-6-14)18-12-19(26-25-18)24-20(28)4-3-9-27-7-1-2-8-27/h10-12,14H,1-9,13H2,(H2,24,25,26,28). The highest BCUT2D eigenvalue weighted by atomic mass is 35.5. The van der Waals surface area contributed by atoms with Crippen LogP contribution in [0, 0.1) is 5.92 Å². The number of ether oxygens (including phenoxy) is 1. The predicted molar refractivity (Wildman–Crippen MR) is 116 cm³/mol. The number of rotatable bonds is 9. The maximum atomic E-state index is 12.2. The highest BCUT2D eigenvalue weighted by molar-refractivity contribution is 6.37. The van der Waals surface area contributed by atoms with Crippen LogP contribution in [-0.2, 0) is 4.79 Å². The number of aromatic nitrogens is 2. The molecule has 0 bridgehead atoms. The number of amides is 1. The molecule has 8 heteroatoms. The Bertz CT molecular complexity index is 837. The number of anilines is 1. The lowest BCUT2D eigenvalue weighted by Crippen LogP contribution is -2.22. The van der Waals surface area contributed by atoms with Crippen LogP contribution in [0.2, 0.25) is 10.0 Å². The number of halogens is 2. The van der Waals surface area contributed by atoms with Gasteiger partial charge in [0, 0.05) is 18.1 Å². The first kappa shape index (κ1) is 20.5. The monoisotopic (exact) mass is 436 g/mol. The largest absolute Gasteiger partial charge is 0.490 e. The minimum Gasteiger partial charge on any atom is -0.490 e. The summed E-state index contributed by atoms with van der Waals surface area (Å²) in [6.07, 6.45) is 6.30. The third-order valence-corrected chi connectivity index (χ3v) is 5.94. The molecular weight excluding hydrogens is 411 g/mol. The van der Waals surface area contributed by atoms with Gasteiger partial charge in [0.1, 0.15) is 5.82 Å². The van der Waals surface area contributed by atoms with Gasteiger partial charge in [0.2, 0.25) is 5.91 Å². The minimum atomic E-state index is -0.0146. The van der Waals surface area contributed by atoms with Crippen molar-refractivity contribution < 1.29 is 9.53 Å². The number of likely N-dealkylation sites (tertiary alicyclic amines) is 1. The maximum absolute atomic E-state index is 12.2. The molecule has 2 aliphatic rings. The topological polar surface area (TPSA) is 70.2 Å². The Labute approximate surface area is 180 Å². The summed E-state index contributed by atoms with van der Waals surface area (Å²) in [6.45, 7) is 3.94. The van der Waals surface area contributed by atoms with E-state index in [0.29, 0.717) is 46.3 Å². The number of aromatic amines is 1. The van der Waals surface area contributed by atoms with Crippen molar-refractivity contribution in [1.82, 2.24) is 15.1 Å². The molecule has 2 fully saturated rings. The first-order valence-electron chi connectivity index (χ1n) is 10.3. The van der Waals surface area contributed by atoms with Crippen molar-refractivity contribution in [2.24, 2.45) is 5.92 Å². The number of nitrogens with zero attached hydrogens (tertiary/aromatic N) is 2. The second-order valence-corrected chi connectivity index (χ2v) is 8.71. The van der Waals surface area contributed by atoms with Crippen molar-refractivity contribution >= 4 is 34.9 Å². The van der Waals surface area contributed by atoms with Crippen molar-refractivity contribution in [1.29, 1.82) is 0 Å². The average Bonchev–Trinajstić information content (AvgIpc) is 3.15. The number of H-pyrrole nitrogens is 1. The molecule has 0 spiro atoms. The van der Waals surface area contributed by atoms with Gasteiger partial charge < -0.3 is 15.0 Å². The van der Waals surface area contributed by atoms with E-state index in [4.69, 9.17) is 27.9 Å². The third kappa shape index (κ3) is 5.65. The van der Waals surface area contributed by atoms with Crippen LogP contribution >= 0.6 is 23.2 Å². The van der Waals surface area contributed by atoms with E-state index < -0.39 is 0 Å². The predicted octanol–water partition coefficient (Wildman–Crippen LogP) is 4.99. The summed E-state index contributed by atoms with van der Waals surface area (Å²) in [5, 5.41) is 10.9. The second-order valence-electron chi connectivity index (χ2n) is 7.89. The lowest BCUT2D eigenvalue weighted by molar-refractivity contribution is -0.116. The van der Waals surface area contributed by atoms with Gasteiger partial charge >= 0.3 is 0 Å². The van der Waals surface area contributed by atoms with E-state index in [0.717, 1.165) is 31.6 Å². The zero-order valence-electron chi connectivity index (χ0n) is 16.3. The zero-order chi connectivity index (χ0) is 20.2. The van der Waals surface area contributed by atoms with E-state index in [1.54, 1.807) is 18.2 Å². The highest BCUT2D eigenvalue weighted by Gasteiger charge is 2.23. The van der Waals surface area contributed by atoms with E-state index in [1.807, 2.05) is 0 Å². The summed E-state index contributed by atoms with van der Waals surface area (Å²) in [7, 11) is 0. The van der Waals surface area contributed by atoms with Crippen molar-refractivity contribution in [2.75, 3.05) is 31.6 Å². The number of hydrogen-bond acceptors (Lipinski definition) is 4. The van der Waals surface area contributed by atoms with Crippen LogP contribution in [0.1, 0.15) is 38.5 Å². The second kappa shape index (κ2) is 9.37. The Morgan fingerprint density at radius 3 is 2.62 bits per heavy atom. The van der Waals surface area contributed by atoms with Gasteiger partial charge in [-0.15, -0.1) is 0 Å². The molecular formula is C21H26Cl2N4O2. The molecule has 1 saturated heterocycles. The molecule has 1 amide bonds. The molecule has 0 unspecified atom stereocenters. The summed E-state index contributed by atoms with van der Waals surface area (Å²) in [4.78, 5) is 14.6. The fourth-order valence-corrected chi connectivity index (χ4v) is 4.14. The molecule has 2 heterocycles. The summed E-state index contributed by atoms with van der Waals surface area (Å²) in [6, 6.07) is 5.35. The highest BCUT2D eigenvalue weighted by Crippen LogP contribution is 2.39. The van der Waals surface area contributed by atoms with Crippen LogP contribution in [0.4, 0.5) is 5.82 Å². The van der Waals surface area contributed by atoms with E-state index in [1.165, 1.54) is 25.7 Å². The number of carbonyl (C=O) groups excluding carboxylic acids is 1. The van der Waals surface area contributed by atoms with Gasteiger partial charge in [-0.1, -0.05) is 23.2 Å². The summed E-state index contributed by atoms with van der Waals surface area (Å²) < 4.78 is 5.76. The zero-order valence-corrected chi connectivity index (χ0v) is 17.9. The van der Waals surface area contributed by atoms with Gasteiger partial charge in [-0.2, -0.15) is 5.10 Å². The minimum absolute atomic E-state index is 0.0146. The third-order valence-electron chi connectivity index (χ3n) is 5.38. The number of nitrogens with one attached hydrogen (secondary N) is 2. The fraction of sp³-hybridized carbons (Fsp3) is 0.524. The van der Waals surface area contributed by atoms with Crippen LogP contribution < -0.4 is 10.1 Å². The van der Waals surface area contributed by atoms with Crippen LogP contribution in [0.15, 0.2) is 18.2 Å². The first-order chi connectivity index (χ1) is 14.1. The molecule has 6 nitrogen and oxygen atoms in total. The molecule has 29 heavy (non-hydrogen) atoms. The molecule has 1 aromatic carbocycles. The molecule has 0 atom stereocenters. The van der Waals surface area contributed by atoms with E-state index in [9.17, 15) is 4.79 Å². The summed E-state index contributed by atoms with van der Waals surface area (Å²) in [5.74, 6) is 1.69. The van der Waals surface area contributed by atoms with Gasteiger partial charge in [0.15, 0.2) is 5.75 Å². The number of benzene rings is 1. The Hall–Kier alpha value is -1.76. The van der Waals surface area contributed by atoms with Crippen LogP contribution in [0.3, 0.4) is 0 Å². The molecule has 156 valence electrons. The molecule has 1 aliphatic heterocycles. The van der Waals surface area contributed by atoms with Gasteiger partial charge in [0.05, 0.1) is 22.3 Å². The van der Waals surface area contributed by atoms with Crippen LogP contribution in [0.25, 0.3) is 11.3 Å². The number of hydrogen-bond donors (Lipinski definition) is 2. The fourth-order valence-electron chi connectivity index (χ4n) is 3.55. The normalized spacial score (nSPS) is 16.9. The first-order valence-corrected chi connectivity index (χ1v) is 11.0.